The van der Waals surface area contributed by atoms with Gasteiger partial charge < -0.3 is 10.3 Å². The fraction of sp³-hybridized carbons (Fsp3) is 0.467. The zero-order valence-corrected chi connectivity index (χ0v) is 11.6. The molecule has 2 aromatic rings. The first-order valence-electron chi connectivity index (χ1n) is 6.83. The van der Waals surface area contributed by atoms with Crippen LogP contribution in [-0.2, 0) is 17.8 Å². The Labute approximate surface area is 113 Å². The summed E-state index contributed by atoms with van der Waals surface area (Å²) in [7, 11) is 0. The molecule has 0 fully saturated rings. The summed E-state index contributed by atoms with van der Waals surface area (Å²) < 4.78 is 2.15. The number of carbonyl (C=O) groups is 1. The van der Waals surface area contributed by atoms with Crippen molar-refractivity contribution in [2.75, 3.05) is 0 Å². The van der Waals surface area contributed by atoms with Crippen LogP contribution >= 0.6 is 0 Å². The fourth-order valence-electron chi connectivity index (χ4n) is 2.34. The average Bonchev–Trinajstić information content (AvgIpc) is 2.67. The molecule has 2 rings (SSSR count). The van der Waals surface area contributed by atoms with Gasteiger partial charge in [0, 0.05) is 19.0 Å². The van der Waals surface area contributed by atoms with Gasteiger partial charge in [0.1, 0.15) is 11.6 Å². The van der Waals surface area contributed by atoms with Crippen molar-refractivity contribution < 1.29 is 4.79 Å². The van der Waals surface area contributed by atoms with Crippen LogP contribution < -0.4 is 5.73 Å². The fourth-order valence-corrected chi connectivity index (χ4v) is 2.34. The van der Waals surface area contributed by atoms with Gasteiger partial charge in [-0.1, -0.05) is 19.1 Å². The maximum Gasteiger partial charge on any atom is 0.141 e. The van der Waals surface area contributed by atoms with Crippen LogP contribution in [0.5, 0.6) is 0 Å². The van der Waals surface area contributed by atoms with Crippen LogP contribution in [0.25, 0.3) is 11.0 Å². The van der Waals surface area contributed by atoms with Crippen LogP contribution in [0.3, 0.4) is 0 Å². The van der Waals surface area contributed by atoms with E-state index in [0.29, 0.717) is 12.8 Å². The molecule has 0 aliphatic heterocycles. The predicted octanol–water partition coefficient (Wildman–Crippen LogP) is 2.30. The maximum absolute atomic E-state index is 11.9. The summed E-state index contributed by atoms with van der Waals surface area (Å²) in [6.45, 7) is 4.87. The minimum absolute atomic E-state index is 0.0866. The minimum Gasteiger partial charge on any atom is -0.328 e. The first kappa shape index (κ1) is 13.7. The summed E-state index contributed by atoms with van der Waals surface area (Å²) in [6.07, 6.45) is 1.81. The number of aryl methyl sites for hydroxylation is 1. The monoisotopic (exact) mass is 259 g/mol. The molecular weight excluding hydrogens is 238 g/mol. The first-order chi connectivity index (χ1) is 9.11. The predicted molar refractivity (Wildman–Crippen MR) is 77.0 cm³/mol. The zero-order valence-electron chi connectivity index (χ0n) is 11.6. The van der Waals surface area contributed by atoms with Gasteiger partial charge in [0.05, 0.1) is 17.5 Å². The smallest absolute Gasteiger partial charge is 0.141 e. The number of para-hydroxylation sites is 2. The highest BCUT2D eigenvalue weighted by Gasteiger charge is 2.14. The first-order valence-corrected chi connectivity index (χ1v) is 6.83. The number of aromatic nitrogens is 2. The molecular formula is C15H21N3O. The number of rotatable bonds is 6. The van der Waals surface area contributed by atoms with E-state index in [2.05, 4.69) is 22.5 Å². The third kappa shape index (κ3) is 3.20. The highest BCUT2D eigenvalue weighted by Crippen LogP contribution is 2.17. The van der Waals surface area contributed by atoms with E-state index in [1.54, 1.807) is 0 Å². The number of fused-ring (bicyclic) bond motifs is 1. The van der Waals surface area contributed by atoms with E-state index >= 15 is 0 Å². The molecule has 0 saturated carbocycles. The van der Waals surface area contributed by atoms with Crippen LogP contribution in [-0.4, -0.2) is 21.4 Å². The lowest BCUT2D eigenvalue weighted by Crippen LogP contribution is -2.21. The minimum atomic E-state index is -0.0866. The Morgan fingerprint density at radius 1 is 1.42 bits per heavy atom. The number of nitrogens with two attached hydrogens (primary N) is 1. The number of hydrogen-bond donors (Lipinski definition) is 1. The quantitative estimate of drug-likeness (QED) is 0.865. The van der Waals surface area contributed by atoms with Gasteiger partial charge >= 0.3 is 0 Å². The van der Waals surface area contributed by atoms with Gasteiger partial charge in [0.2, 0.25) is 0 Å². The Morgan fingerprint density at radius 3 is 2.84 bits per heavy atom. The number of hydrogen-bond acceptors (Lipinski definition) is 3. The second kappa shape index (κ2) is 5.97. The van der Waals surface area contributed by atoms with Gasteiger partial charge in [-0.25, -0.2) is 4.98 Å². The van der Waals surface area contributed by atoms with Gasteiger partial charge in [-0.2, -0.15) is 0 Å². The Balaban J connectivity index is 2.31. The van der Waals surface area contributed by atoms with Gasteiger partial charge in [0.15, 0.2) is 0 Å². The second-order valence-corrected chi connectivity index (χ2v) is 5.07. The lowest BCUT2D eigenvalue weighted by atomic mass is 10.1. The number of ketones is 1. The molecule has 102 valence electrons. The number of imidazole rings is 1. The second-order valence-electron chi connectivity index (χ2n) is 5.07. The van der Waals surface area contributed by atoms with Crippen LogP contribution in [0.4, 0.5) is 0 Å². The Kier molecular flexibility index (Phi) is 4.32. The van der Waals surface area contributed by atoms with E-state index in [4.69, 9.17) is 5.73 Å². The van der Waals surface area contributed by atoms with Crippen molar-refractivity contribution in [3.63, 3.8) is 0 Å². The molecule has 4 heteroatoms. The normalized spacial score (nSPS) is 12.8. The van der Waals surface area contributed by atoms with E-state index in [-0.39, 0.29) is 11.8 Å². The lowest BCUT2D eigenvalue weighted by Gasteiger charge is -2.08. The summed E-state index contributed by atoms with van der Waals surface area (Å²) in [5, 5.41) is 0. The summed E-state index contributed by atoms with van der Waals surface area (Å²) in [4.78, 5) is 16.5. The van der Waals surface area contributed by atoms with E-state index < -0.39 is 0 Å². The molecule has 0 aliphatic rings. The Morgan fingerprint density at radius 2 is 2.16 bits per heavy atom. The van der Waals surface area contributed by atoms with Gasteiger partial charge in [0.25, 0.3) is 0 Å². The number of carbonyl (C=O) groups excluding carboxylic acids is 1. The molecule has 1 atom stereocenters. The highest BCUT2D eigenvalue weighted by atomic mass is 16.1. The summed E-state index contributed by atoms with van der Waals surface area (Å²) >= 11 is 0. The van der Waals surface area contributed by atoms with E-state index in [1.807, 2.05) is 25.1 Å². The molecule has 1 aromatic carbocycles. The molecule has 0 saturated heterocycles. The third-order valence-corrected chi connectivity index (χ3v) is 3.09. The third-order valence-electron chi connectivity index (χ3n) is 3.09. The summed E-state index contributed by atoms with van der Waals surface area (Å²) in [5.74, 6) is 1.01. The SMILES string of the molecule is CCCn1c(CC(=O)CC(C)N)nc2ccccc21. The van der Waals surface area contributed by atoms with Crippen molar-refractivity contribution in [3.8, 4) is 0 Å². The molecule has 4 nitrogen and oxygen atoms in total. The molecule has 0 radical (unpaired) electrons. The molecule has 0 aliphatic carbocycles. The topological polar surface area (TPSA) is 60.9 Å². The number of benzene rings is 1. The van der Waals surface area contributed by atoms with Crippen LogP contribution in [0.1, 0.15) is 32.5 Å². The van der Waals surface area contributed by atoms with Gasteiger partial charge in [-0.05, 0) is 25.5 Å². The molecule has 1 heterocycles. The standard InChI is InChI=1S/C15H21N3O/c1-3-8-18-14-7-5-4-6-13(14)17-15(18)10-12(19)9-11(2)16/h4-7,11H,3,8-10,16H2,1-2H3. The largest absolute Gasteiger partial charge is 0.328 e. The molecule has 1 aromatic heterocycles. The average molecular weight is 259 g/mol. The summed E-state index contributed by atoms with van der Waals surface area (Å²) in [6, 6.07) is 7.93. The summed E-state index contributed by atoms with van der Waals surface area (Å²) in [5.41, 5.74) is 7.73. The van der Waals surface area contributed by atoms with Crippen molar-refractivity contribution >= 4 is 16.8 Å². The molecule has 19 heavy (non-hydrogen) atoms. The number of Topliss-reactive ketones (excluding diaryl/α,β-unsaturated/α-hetero) is 1. The van der Waals surface area contributed by atoms with Crippen molar-refractivity contribution in [1.29, 1.82) is 0 Å². The molecule has 0 amide bonds. The van der Waals surface area contributed by atoms with E-state index in [9.17, 15) is 4.79 Å². The maximum atomic E-state index is 11.9. The molecule has 1 unspecified atom stereocenters. The van der Waals surface area contributed by atoms with Crippen molar-refractivity contribution in [2.24, 2.45) is 5.73 Å². The van der Waals surface area contributed by atoms with Crippen molar-refractivity contribution in [3.05, 3.63) is 30.1 Å². The van der Waals surface area contributed by atoms with Gasteiger partial charge in [-0.15, -0.1) is 0 Å². The van der Waals surface area contributed by atoms with E-state index in [1.165, 1.54) is 0 Å². The highest BCUT2D eigenvalue weighted by molar-refractivity contribution is 5.83. The van der Waals surface area contributed by atoms with E-state index in [0.717, 1.165) is 29.8 Å². The van der Waals surface area contributed by atoms with Crippen molar-refractivity contribution in [2.45, 2.75) is 45.7 Å². The molecule has 0 bridgehead atoms. The van der Waals surface area contributed by atoms with Crippen molar-refractivity contribution in [1.82, 2.24) is 9.55 Å². The Hall–Kier alpha value is -1.68. The van der Waals surface area contributed by atoms with Crippen LogP contribution in [0.15, 0.2) is 24.3 Å². The van der Waals surface area contributed by atoms with Crippen LogP contribution in [0, 0.1) is 0 Å². The Bertz CT molecular complexity index is 572. The van der Waals surface area contributed by atoms with Gasteiger partial charge in [-0.3, -0.25) is 4.79 Å². The lowest BCUT2D eigenvalue weighted by molar-refractivity contribution is -0.118. The van der Waals surface area contributed by atoms with Crippen LogP contribution in [0.2, 0.25) is 0 Å². The molecule has 0 spiro atoms. The zero-order chi connectivity index (χ0) is 13.8. The number of nitrogens with zero attached hydrogens (tertiary/aromatic N) is 2. The molecule has 2 N–H and O–H groups in total.